The summed E-state index contributed by atoms with van der Waals surface area (Å²) in [6, 6.07) is -0.448. The van der Waals surface area contributed by atoms with E-state index < -0.39 is 11.6 Å². The predicted octanol–water partition coefficient (Wildman–Crippen LogP) is 0.555. The lowest BCUT2D eigenvalue weighted by Crippen LogP contribution is -2.49. The predicted molar refractivity (Wildman–Crippen MR) is 86.8 cm³/mol. The monoisotopic (exact) mass is 324 g/mol. The molecule has 23 heavy (non-hydrogen) atoms. The average Bonchev–Trinajstić information content (AvgIpc) is 2.80. The van der Waals surface area contributed by atoms with Crippen LogP contribution in [0, 0.1) is 5.92 Å². The van der Waals surface area contributed by atoms with E-state index in [1.165, 1.54) is 0 Å². The molecule has 0 radical (unpaired) electrons. The zero-order valence-electron chi connectivity index (χ0n) is 14.4. The molecule has 0 spiro atoms. The number of nitrogens with one attached hydrogen (secondary N) is 2. The smallest absolute Gasteiger partial charge is 0.325 e. The van der Waals surface area contributed by atoms with Crippen LogP contribution in [0.4, 0.5) is 4.79 Å². The van der Waals surface area contributed by atoms with E-state index in [4.69, 9.17) is 0 Å². The molecule has 0 saturated carbocycles. The van der Waals surface area contributed by atoms with E-state index in [1.54, 1.807) is 4.90 Å². The van der Waals surface area contributed by atoms with Gasteiger partial charge in [0.05, 0.1) is 0 Å². The maximum atomic E-state index is 12.5. The lowest BCUT2D eigenvalue weighted by atomic mass is 9.93. The van der Waals surface area contributed by atoms with Crippen molar-refractivity contribution < 1.29 is 14.4 Å². The second-order valence-electron chi connectivity index (χ2n) is 6.52. The maximum absolute atomic E-state index is 12.5. The van der Waals surface area contributed by atoms with Crippen LogP contribution in [0.25, 0.3) is 0 Å². The number of amides is 4. The first-order valence-corrected chi connectivity index (χ1v) is 8.54. The summed E-state index contributed by atoms with van der Waals surface area (Å²) in [6.45, 7) is 5.87. The molecule has 2 heterocycles. The molecule has 0 aromatic heterocycles. The molecule has 0 unspecified atom stereocenters. The SMILES string of the molecule is CCC1(CC)NC(=O)N(CC(=O)N2CCC[C@@H](CNC)C2)C1=O. The molecular weight excluding hydrogens is 296 g/mol. The van der Waals surface area contributed by atoms with E-state index in [-0.39, 0.29) is 18.4 Å². The minimum Gasteiger partial charge on any atom is -0.341 e. The molecule has 0 bridgehead atoms. The van der Waals surface area contributed by atoms with E-state index >= 15 is 0 Å². The second-order valence-corrected chi connectivity index (χ2v) is 6.52. The van der Waals surface area contributed by atoms with Crippen LogP contribution < -0.4 is 10.6 Å². The standard InChI is InChI=1S/C16H28N4O3/c1-4-16(5-2)14(22)20(15(23)18-16)11-13(21)19-8-6-7-12(10-19)9-17-3/h12,17H,4-11H2,1-3H3,(H,18,23)/t12-/m0/s1. The quantitative estimate of drug-likeness (QED) is 0.699. The van der Waals surface area contributed by atoms with Crippen LogP contribution in [0.2, 0.25) is 0 Å². The van der Waals surface area contributed by atoms with Gasteiger partial charge in [-0.3, -0.25) is 14.5 Å². The van der Waals surface area contributed by atoms with Crippen molar-refractivity contribution in [3.05, 3.63) is 0 Å². The highest BCUT2D eigenvalue weighted by Crippen LogP contribution is 2.25. The summed E-state index contributed by atoms with van der Waals surface area (Å²) in [4.78, 5) is 40.0. The molecule has 2 fully saturated rings. The molecular formula is C16H28N4O3. The summed E-state index contributed by atoms with van der Waals surface area (Å²) in [5, 5.41) is 5.90. The van der Waals surface area contributed by atoms with E-state index in [2.05, 4.69) is 10.6 Å². The Morgan fingerprint density at radius 3 is 2.61 bits per heavy atom. The molecule has 7 heteroatoms. The van der Waals surface area contributed by atoms with Gasteiger partial charge in [-0.05, 0) is 45.2 Å². The lowest BCUT2D eigenvalue weighted by Gasteiger charge is -2.33. The Morgan fingerprint density at radius 2 is 2.04 bits per heavy atom. The molecule has 0 aromatic carbocycles. The summed E-state index contributed by atoms with van der Waals surface area (Å²) in [5.74, 6) is 0.0214. The Kier molecular flexibility index (Phi) is 5.62. The average molecular weight is 324 g/mol. The van der Waals surface area contributed by atoms with Crippen molar-refractivity contribution in [2.24, 2.45) is 5.92 Å². The van der Waals surface area contributed by atoms with Gasteiger partial charge in [0, 0.05) is 13.1 Å². The summed E-state index contributed by atoms with van der Waals surface area (Å²) in [5.41, 5.74) is -0.839. The molecule has 2 aliphatic rings. The molecule has 2 N–H and O–H groups in total. The summed E-state index contributed by atoms with van der Waals surface area (Å²) in [6.07, 6.45) is 3.13. The van der Waals surface area contributed by atoms with Crippen molar-refractivity contribution in [2.45, 2.75) is 45.1 Å². The minimum atomic E-state index is -0.839. The Morgan fingerprint density at radius 1 is 1.35 bits per heavy atom. The topological polar surface area (TPSA) is 81.8 Å². The normalized spacial score (nSPS) is 24.0. The third-order valence-electron chi connectivity index (χ3n) is 5.11. The van der Waals surface area contributed by atoms with Crippen molar-refractivity contribution >= 4 is 17.8 Å². The number of carbonyl (C=O) groups is 3. The fourth-order valence-electron chi connectivity index (χ4n) is 3.53. The minimum absolute atomic E-state index is 0.141. The zero-order chi connectivity index (χ0) is 17.0. The Balaban J connectivity index is 2.00. The highest BCUT2D eigenvalue weighted by molar-refractivity contribution is 6.08. The van der Waals surface area contributed by atoms with Crippen LogP contribution in [-0.2, 0) is 9.59 Å². The fraction of sp³-hybridized carbons (Fsp3) is 0.812. The van der Waals surface area contributed by atoms with E-state index in [9.17, 15) is 14.4 Å². The molecule has 2 aliphatic heterocycles. The van der Waals surface area contributed by atoms with Crippen molar-refractivity contribution in [1.82, 2.24) is 20.4 Å². The van der Waals surface area contributed by atoms with Gasteiger partial charge in [-0.25, -0.2) is 4.79 Å². The highest BCUT2D eigenvalue weighted by atomic mass is 16.2. The van der Waals surface area contributed by atoms with Gasteiger partial charge in [0.2, 0.25) is 5.91 Å². The van der Waals surface area contributed by atoms with Crippen LogP contribution in [0.3, 0.4) is 0 Å². The third kappa shape index (κ3) is 3.49. The number of nitrogens with zero attached hydrogens (tertiary/aromatic N) is 2. The van der Waals surface area contributed by atoms with Gasteiger partial charge in [0.15, 0.2) is 0 Å². The van der Waals surface area contributed by atoms with Gasteiger partial charge in [0.1, 0.15) is 12.1 Å². The van der Waals surface area contributed by atoms with Gasteiger partial charge in [0.25, 0.3) is 5.91 Å². The summed E-state index contributed by atoms with van der Waals surface area (Å²) >= 11 is 0. The third-order valence-corrected chi connectivity index (χ3v) is 5.11. The van der Waals surface area contributed by atoms with Crippen molar-refractivity contribution in [2.75, 3.05) is 33.2 Å². The Labute approximate surface area is 137 Å². The largest absolute Gasteiger partial charge is 0.341 e. The molecule has 0 aromatic rings. The van der Waals surface area contributed by atoms with Gasteiger partial charge in [-0.1, -0.05) is 13.8 Å². The van der Waals surface area contributed by atoms with Crippen molar-refractivity contribution in [3.8, 4) is 0 Å². The van der Waals surface area contributed by atoms with Crippen LogP contribution in [-0.4, -0.2) is 66.4 Å². The number of piperidine rings is 1. The second kappa shape index (κ2) is 7.29. The first-order valence-electron chi connectivity index (χ1n) is 8.54. The van der Waals surface area contributed by atoms with E-state index in [0.717, 1.165) is 24.3 Å². The number of carbonyl (C=O) groups excluding carboxylic acids is 3. The summed E-state index contributed by atoms with van der Waals surface area (Å²) in [7, 11) is 1.91. The molecule has 1 atom stereocenters. The number of likely N-dealkylation sites (tertiary alicyclic amines) is 1. The van der Waals surface area contributed by atoms with Gasteiger partial charge in [-0.15, -0.1) is 0 Å². The molecule has 2 rings (SSSR count). The van der Waals surface area contributed by atoms with Crippen LogP contribution in [0.5, 0.6) is 0 Å². The number of hydrogen-bond acceptors (Lipinski definition) is 4. The lowest BCUT2D eigenvalue weighted by molar-refractivity contribution is -0.140. The van der Waals surface area contributed by atoms with E-state index in [0.29, 0.717) is 31.8 Å². The van der Waals surface area contributed by atoms with Crippen LogP contribution in [0.1, 0.15) is 39.5 Å². The zero-order valence-corrected chi connectivity index (χ0v) is 14.4. The molecule has 130 valence electrons. The van der Waals surface area contributed by atoms with Gasteiger partial charge < -0.3 is 15.5 Å². The van der Waals surface area contributed by atoms with E-state index in [1.807, 2.05) is 20.9 Å². The fourth-order valence-corrected chi connectivity index (χ4v) is 3.53. The molecule has 4 amide bonds. The number of urea groups is 1. The van der Waals surface area contributed by atoms with Gasteiger partial charge >= 0.3 is 6.03 Å². The molecule has 7 nitrogen and oxygen atoms in total. The van der Waals surface area contributed by atoms with Crippen LogP contribution >= 0.6 is 0 Å². The van der Waals surface area contributed by atoms with Crippen LogP contribution in [0.15, 0.2) is 0 Å². The Hall–Kier alpha value is -1.63. The number of imide groups is 1. The number of rotatable bonds is 6. The molecule has 0 aliphatic carbocycles. The maximum Gasteiger partial charge on any atom is 0.325 e. The first-order chi connectivity index (χ1) is 11.0. The first kappa shape index (κ1) is 17.7. The Bertz CT molecular complexity index is 474. The highest BCUT2D eigenvalue weighted by Gasteiger charge is 2.49. The van der Waals surface area contributed by atoms with Gasteiger partial charge in [-0.2, -0.15) is 0 Å². The van der Waals surface area contributed by atoms with Crippen molar-refractivity contribution in [3.63, 3.8) is 0 Å². The number of hydrogen-bond donors (Lipinski definition) is 2. The van der Waals surface area contributed by atoms with Crippen molar-refractivity contribution in [1.29, 1.82) is 0 Å². The molecule has 2 saturated heterocycles. The summed E-state index contributed by atoms with van der Waals surface area (Å²) < 4.78 is 0.